The molecule has 0 bridgehead atoms. The summed E-state index contributed by atoms with van der Waals surface area (Å²) in [6.45, 7) is 0.441. The fourth-order valence-corrected chi connectivity index (χ4v) is 2.07. The molecule has 0 aliphatic heterocycles. The number of hydrogen-bond acceptors (Lipinski definition) is 5. The van der Waals surface area contributed by atoms with Crippen LogP contribution in [0.5, 0.6) is 0 Å². The van der Waals surface area contributed by atoms with E-state index in [0.717, 1.165) is 19.3 Å². The number of hydrogen-bond donors (Lipinski definition) is 3. The van der Waals surface area contributed by atoms with Gasteiger partial charge >= 0.3 is 0 Å². The number of carbonyl (C=O) groups is 1. The maximum absolute atomic E-state index is 11.1. The minimum Gasteiger partial charge on any atom is -0.378 e. The highest BCUT2D eigenvalue weighted by Crippen LogP contribution is 2.31. The van der Waals surface area contributed by atoms with E-state index in [0.29, 0.717) is 6.54 Å². The Bertz CT molecular complexity index is 526. The van der Waals surface area contributed by atoms with Crippen LogP contribution in [0.4, 0.5) is 11.4 Å². The van der Waals surface area contributed by atoms with Gasteiger partial charge in [-0.05, 0) is 31.4 Å². The summed E-state index contributed by atoms with van der Waals surface area (Å²) in [7, 11) is 0. The van der Waals surface area contributed by atoms with Crippen molar-refractivity contribution in [2.45, 2.75) is 24.8 Å². The van der Waals surface area contributed by atoms with Gasteiger partial charge < -0.3 is 16.8 Å². The Kier molecular flexibility index (Phi) is 3.39. The third-order valence-electron chi connectivity index (χ3n) is 3.46. The van der Waals surface area contributed by atoms with E-state index >= 15 is 0 Å². The van der Waals surface area contributed by atoms with Gasteiger partial charge in [0.05, 0.1) is 4.92 Å². The van der Waals surface area contributed by atoms with Crippen molar-refractivity contribution in [3.63, 3.8) is 0 Å². The van der Waals surface area contributed by atoms with E-state index < -0.39 is 10.8 Å². The van der Waals surface area contributed by atoms with Crippen LogP contribution in [0.2, 0.25) is 0 Å². The fourth-order valence-electron chi connectivity index (χ4n) is 2.07. The van der Waals surface area contributed by atoms with Gasteiger partial charge in [-0.25, -0.2) is 0 Å². The molecular weight excluding hydrogens is 248 g/mol. The van der Waals surface area contributed by atoms with E-state index in [4.69, 9.17) is 11.5 Å². The van der Waals surface area contributed by atoms with Crippen molar-refractivity contribution >= 4 is 17.3 Å². The van der Waals surface area contributed by atoms with Crippen LogP contribution in [0.1, 0.15) is 29.6 Å². The van der Waals surface area contributed by atoms with Crippen LogP contribution in [0.25, 0.3) is 0 Å². The number of nitro benzene ring substituents is 1. The number of carbonyl (C=O) groups excluding carboxylic acids is 1. The normalized spacial score (nSPS) is 16.5. The van der Waals surface area contributed by atoms with Crippen molar-refractivity contribution in [2.24, 2.45) is 11.5 Å². The molecule has 0 unspecified atom stereocenters. The first-order valence-electron chi connectivity index (χ1n) is 6.02. The van der Waals surface area contributed by atoms with Crippen molar-refractivity contribution in [1.82, 2.24) is 0 Å². The second-order valence-corrected chi connectivity index (χ2v) is 4.92. The Hall–Kier alpha value is -2.15. The lowest BCUT2D eigenvalue weighted by molar-refractivity contribution is -0.384. The number of nitrogens with zero attached hydrogens (tertiary/aromatic N) is 1. The molecule has 0 atom stereocenters. The van der Waals surface area contributed by atoms with Crippen LogP contribution in [0.3, 0.4) is 0 Å². The highest BCUT2D eigenvalue weighted by molar-refractivity contribution is 5.94. The van der Waals surface area contributed by atoms with Crippen molar-refractivity contribution < 1.29 is 9.72 Å². The Balaban J connectivity index is 2.22. The van der Waals surface area contributed by atoms with Crippen LogP contribution in [0.15, 0.2) is 18.2 Å². The average molecular weight is 264 g/mol. The van der Waals surface area contributed by atoms with Gasteiger partial charge in [0.25, 0.3) is 5.69 Å². The molecule has 102 valence electrons. The molecule has 1 aliphatic carbocycles. The molecule has 0 heterocycles. The minimum atomic E-state index is -0.621. The molecule has 7 heteroatoms. The monoisotopic (exact) mass is 264 g/mol. The topological polar surface area (TPSA) is 124 Å². The van der Waals surface area contributed by atoms with Gasteiger partial charge in [0.15, 0.2) is 0 Å². The number of rotatable bonds is 5. The number of nitrogens with two attached hydrogens (primary N) is 2. The van der Waals surface area contributed by atoms with Gasteiger partial charge in [0.1, 0.15) is 5.69 Å². The van der Waals surface area contributed by atoms with Gasteiger partial charge in [-0.3, -0.25) is 14.9 Å². The maximum Gasteiger partial charge on any atom is 0.292 e. The number of nitro groups is 1. The Morgan fingerprint density at radius 1 is 1.47 bits per heavy atom. The molecule has 0 saturated heterocycles. The number of benzene rings is 1. The zero-order valence-corrected chi connectivity index (χ0v) is 10.4. The molecule has 1 aromatic carbocycles. The predicted octanol–water partition coefficient (Wildman–Crippen LogP) is 0.987. The molecule has 1 fully saturated rings. The molecular formula is C12H16N4O3. The molecule has 0 spiro atoms. The summed E-state index contributed by atoms with van der Waals surface area (Å²) in [6, 6.07) is 4.00. The largest absolute Gasteiger partial charge is 0.378 e. The maximum atomic E-state index is 11.1. The van der Waals surface area contributed by atoms with Gasteiger partial charge in [-0.1, -0.05) is 0 Å². The predicted molar refractivity (Wildman–Crippen MR) is 70.9 cm³/mol. The van der Waals surface area contributed by atoms with Crippen LogP contribution in [0, 0.1) is 10.1 Å². The van der Waals surface area contributed by atoms with Gasteiger partial charge in [-0.2, -0.15) is 0 Å². The third kappa shape index (κ3) is 2.82. The lowest BCUT2D eigenvalue weighted by Gasteiger charge is -2.38. The number of amides is 1. The van der Waals surface area contributed by atoms with E-state index in [-0.39, 0.29) is 22.5 Å². The minimum absolute atomic E-state index is 0.0899. The van der Waals surface area contributed by atoms with E-state index in [2.05, 4.69) is 5.32 Å². The highest BCUT2D eigenvalue weighted by Gasteiger charge is 2.32. The van der Waals surface area contributed by atoms with Crippen LogP contribution >= 0.6 is 0 Å². The Labute approximate surface area is 110 Å². The quantitative estimate of drug-likeness (QED) is 0.540. The lowest BCUT2D eigenvalue weighted by Crippen LogP contribution is -2.52. The molecule has 0 aromatic heterocycles. The molecule has 1 amide bonds. The van der Waals surface area contributed by atoms with Crippen LogP contribution < -0.4 is 16.8 Å². The van der Waals surface area contributed by atoms with Crippen LogP contribution in [-0.4, -0.2) is 22.9 Å². The van der Waals surface area contributed by atoms with Gasteiger partial charge in [0, 0.05) is 23.7 Å². The standard InChI is InChI=1S/C12H16N4O3/c13-11(17)8-2-3-10(16(18)19)9(6-8)15-7-12(14)4-1-5-12/h2-3,6,15H,1,4-5,7,14H2,(H2,13,17). The lowest BCUT2D eigenvalue weighted by atomic mass is 9.78. The number of primary amides is 1. The number of nitrogens with one attached hydrogen (secondary N) is 1. The van der Waals surface area contributed by atoms with Gasteiger partial charge in [0.2, 0.25) is 5.91 Å². The second kappa shape index (κ2) is 4.85. The summed E-state index contributed by atoms with van der Waals surface area (Å²) >= 11 is 0. The summed E-state index contributed by atoms with van der Waals surface area (Å²) in [5, 5.41) is 13.9. The molecule has 2 rings (SSSR count). The summed E-state index contributed by atoms with van der Waals surface area (Å²) in [5.74, 6) is -0.621. The fraction of sp³-hybridized carbons (Fsp3) is 0.417. The molecule has 19 heavy (non-hydrogen) atoms. The van der Waals surface area contributed by atoms with E-state index in [1.807, 2.05) is 0 Å². The molecule has 0 radical (unpaired) electrons. The van der Waals surface area contributed by atoms with Crippen molar-refractivity contribution in [3.8, 4) is 0 Å². The first-order valence-corrected chi connectivity index (χ1v) is 6.02. The average Bonchev–Trinajstić information content (AvgIpc) is 2.33. The van der Waals surface area contributed by atoms with Crippen molar-refractivity contribution in [3.05, 3.63) is 33.9 Å². The van der Waals surface area contributed by atoms with Gasteiger partial charge in [-0.15, -0.1) is 0 Å². The first-order chi connectivity index (χ1) is 8.91. The van der Waals surface area contributed by atoms with E-state index in [1.54, 1.807) is 0 Å². The van der Waals surface area contributed by atoms with Crippen LogP contribution in [-0.2, 0) is 0 Å². The molecule has 1 aromatic rings. The SMILES string of the molecule is NC(=O)c1ccc([N+](=O)[O-])c(NCC2(N)CCC2)c1. The first kappa shape index (κ1) is 13.3. The third-order valence-corrected chi connectivity index (χ3v) is 3.46. The second-order valence-electron chi connectivity index (χ2n) is 4.92. The Morgan fingerprint density at radius 3 is 2.63 bits per heavy atom. The summed E-state index contributed by atoms with van der Waals surface area (Å²) in [4.78, 5) is 21.5. The zero-order chi connectivity index (χ0) is 14.0. The molecule has 5 N–H and O–H groups in total. The van der Waals surface area contributed by atoms with Crippen molar-refractivity contribution in [2.75, 3.05) is 11.9 Å². The highest BCUT2D eigenvalue weighted by atomic mass is 16.6. The zero-order valence-electron chi connectivity index (χ0n) is 10.4. The molecule has 1 saturated carbocycles. The summed E-state index contributed by atoms with van der Waals surface area (Å²) in [5.41, 5.74) is 11.3. The summed E-state index contributed by atoms with van der Waals surface area (Å²) in [6.07, 6.45) is 2.86. The Morgan fingerprint density at radius 2 is 2.16 bits per heavy atom. The smallest absolute Gasteiger partial charge is 0.292 e. The molecule has 1 aliphatic rings. The summed E-state index contributed by atoms with van der Waals surface area (Å²) < 4.78 is 0. The number of anilines is 1. The van der Waals surface area contributed by atoms with Crippen molar-refractivity contribution in [1.29, 1.82) is 0 Å². The molecule has 7 nitrogen and oxygen atoms in total. The van der Waals surface area contributed by atoms with E-state index in [9.17, 15) is 14.9 Å². The van der Waals surface area contributed by atoms with E-state index in [1.165, 1.54) is 18.2 Å².